The van der Waals surface area contributed by atoms with Crippen molar-refractivity contribution in [2.24, 2.45) is 0 Å². The minimum absolute atomic E-state index is 0.202. The summed E-state index contributed by atoms with van der Waals surface area (Å²) in [6.07, 6.45) is 4.62. The van der Waals surface area contributed by atoms with Crippen molar-refractivity contribution in [3.05, 3.63) is 40.4 Å². The Morgan fingerprint density at radius 1 is 1.47 bits per heavy atom. The van der Waals surface area contributed by atoms with Crippen molar-refractivity contribution in [1.82, 2.24) is 0 Å². The minimum atomic E-state index is -0.971. The Labute approximate surface area is 99.0 Å². The molecule has 0 fully saturated rings. The predicted octanol–water partition coefficient (Wildman–Crippen LogP) is 3.37. The number of allylic oxidation sites excluding steroid dienone is 1. The molecule has 1 rings (SSSR count). The molecule has 4 heteroatoms. The number of carboxylic acids is 1. The molecule has 0 aliphatic rings. The van der Waals surface area contributed by atoms with E-state index in [4.69, 9.17) is 16.7 Å². The zero-order chi connectivity index (χ0) is 11.3. The smallest absolute Gasteiger partial charge is 0.335 e. The maximum Gasteiger partial charge on any atom is 0.335 e. The highest BCUT2D eigenvalue weighted by molar-refractivity contribution is 7.80. The van der Waals surface area contributed by atoms with E-state index in [0.717, 1.165) is 17.7 Å². The molecule has 1 N–H and O–H groups in total. The van der Waals surface area contributed by atoms with Crippen LogP contribution in [0.5, 0.6) is 0 Å². The number of hydrogen-bond acceptors (Lipinski definition) is 2. The Kier molecular flexibility index (Phi) is 4.72. The summed E-state index contributed by atoms with van der Waals surface area (Å²) in [5.74, 6) is -0.204. The average molecular weight is 243 g/mol. The lowest BCUT2D eigenvalue weighted by Gasteiger charge is -1.99. The molecule has 0 unspecified atom stereocenters. The van der Waals surface area contributed by atoms with E-state index in [1.807, 2.05) is 12.2 Å². The molecule has 15 heavy (non-hydrogen) atoms. The highest BCUT2D eigenvalue weighted by Gasteiger charge is 2.04. The van der Waals surface area contributed by atoms with Crippen LogP contribution in [0.4, 0.5) is 0 Å². The summed E-state index contributed by atoms with van der Waals surface area (Å²) in [7, 11) is 0. The number of carbonyl (C=O) groups is 1. The number of benzene rings is 1. The molecule has 0 radical (unpaired) electrons. The van der Waals surface area contributed by atoms with Gasteiger partial charge in [0.05, 0.1) is 5.56 Å². The fraction of sp³-hybridized carbons (Fsp3) is 0.182. The lowest BCUT2D eigenvalue weighted by atomic mass is 10.1. The first-order valence-corrected chi connectivity index (χ1v) is 5.46. The number of hydrogen-bond donors (Lipinski definition) is 2. The molecule has 0 aromatic heterocycles. The van der Waals surface area contributed by atoms with Gasteiger partial charge in [0.2, 0.25) is 0 Å². The maximum atomic E-state index is 10.7. The third-order valence-corrected chi connectivity index (χ3v) is 2.25. The Hall–Kier alpha value is -0.930. The topological polar surface area (TPSA) is 37.3 Å². The summed E-state index contributed by atoms with van der Waals surface area (Å²) in [5, 5.41) is 9.24. The van der Waals surface area contributed by atoms with Crippen LogP contribution in [0, 0.1) is 0 Å². The van der Waals surface area contributed by atoms with Crippen LogP contribution in [0.15, 0.2) is 24.3 Å². The first kappa shape index (κ1) is 12.1. The summed E-state index contributed by atoms with van der Waals surface area (Å²) in [5.41, 5.74) is 0.995. The minimum Gasteiger partial charge on any atom is -0.478 e. The van der Waals surface area contributed by atoms with E-state index in [1.54, 1.807) is 12.1 Å². The Morgan fingerprint density at radius 3 is 2.80 bits per heavy atom. The van der Waals surface area contributed by atoms with Gasteiger partial charge in [-0.25, -0.2) is 4.79 Å². The lowest BCUT2D eigenvalue weighted by Crippen LogP contribution is -1.96. The highest BCUT2D eigenvalue weighted by Crippen LogP contribution is 2.16. The molecule has 0 amide bonds. The van der Waals surface area contributed by atoms with E-state index in [1.165, 1.54) is 6.07 Å². The van der Waals surface area contributed by atoms with Gasteiger partial charge in [-0.3, -0.25) is 0 Å². The van der Waals surface area contributed by atoms with Gasteiger partial charge in [0.1, 0.15) is 0 Å². The molecule has 0 heterocycles. The summed E-state index contributed by atoms with van der Waals surface area (Å²) in [6.45, 7) is 0. The van der Waals surface area contributed by atoms with Crippen LogP contribution in [-0.2, 0) is 0 Å². The molecule has 0 spiro atoms. The molecule has 2 nitrogen and oxygen atoms in total. The zero-order valence-electron chi connectivity index (χ0n) is 7.98. The normalized spacial score (nSPS) is 10.8. The first-order valence-electron chi connectivity index (χ1n) is 4.45. The molecule has 0 bridgehead atoms. The van der Waals surface area contributed by atoms with Crippen LogP contribution in [0.1, 0.15) is 22.3 Å². The molecule has 1 aromatic rings. The van der Waals surface area contributed by atoms with E-state index in [0.29, 0.717) is 5.02 Å². The van der Waals surface area contributed by atoms with Crippen LogP contribution in [0.3, 0.4) is 0 Å². The molecule has 0 saturated heterocycles. The fourth-order valence-electron chi connectivity index (χ4n) is 1.13. The van der Waals surface area contributed by atoms with E-state index in [-0.39, 0.29) is 5.56 Å². The molecular formula is C11H11ClO2S. The third-order valence-electron chi connectivity index (χ3n) is 1.77. The predicted molar refractivity (Wildman–Crippen MR) is 65.9 cm³/mol. The number of halogens is 1. The monoisotopic (exact) mass is 242 g/mol. The van der Waals surface area contributed by atoms with Gasteiger partial charge in [0.15, 0.2) is 0 Å². The molecule has 1 aromatic carbocycles. The second-order valence-corrected chi connectivity index (χ2v) is 3.88. The van der Waals surface area contributed by atoms with E-state index >= 15 is 0 Å². The van der Waals surface area contributed by atoms with Gasteiger partial charge in [-0.15, -0.1) is 0 Å². The van der Waals surface area contributed by atoms with Gasteiger partial charge in [-0.05, 0) is 35.9 Å². The number of carboxylic acid groups (broad SMARTS) is 1. The van der Waals surface area contributed by atoms with Crippen molar-refractivity contribution in [3.8, 4) is 0 Å². The largest absolute Gasteiger partial charge is 0.478 e. The van der Waals surface area contributed by atoms with Crippen molar-refractivity contribution in [2.75, 3.05) is 5.75 Å². The average Bonchev–Trinajstić information content (AvgIpc) is 2.17. The highest BCUT2D eigenvalue weighted by atomic mass is 35.5. The van der Waals surface area contributed by atoms with Crippen LogP contribution in [0.2, 0.25) is 5.02 Å². The zero-order valence-corrected chi connectivity index (χ0v) is 9.63. The molecular weight excluding hydrogens is 232 g/mol. The van der Waals surface area contributed by atoms with Gasteiger partial charge in [-0.2, -0.15) is 12.6 Å². The summed E-state index contributed by atoms with van der Waals surface area (Å²) in [6, 6.07) is 4.74. The molecule has 0 aliphatic carbocycles. The van der Waals surface area contributed by atoms with Crippen molar-refractivity contribution < 1.29 is 9.90 Å². The Bertz CT molecular complexity index is 388. The third kappa shape index (κ3) is 3.98. The quantitative estimate of drug-likeness (QED) is 0.795. The van der Waals surface area contributed by atoms with Crippen LogP contribution >= 0.6 is 24.2 Å². The van der Waals surface area contributed by atoms with Crippen molar-refractivity contribution >= 4 is 36.3 Å². The second kappa shape index (κ2) is 5.83. The van der Waals surface area contributed by atoms with E-state index < -0.39 is 5.97 Å². The molecule has 0 atom stereocenters. The van der Waals surface area contributed by atoms with Crippen LogP contribution < -0.4 is 0 Å². The van der Waals surface area contributed by atoms with Crippen LogP contribution in [0.25, 0.3) is 6.08 Å². The number of rotatable bonds is 4. The second-order valence-electron chi connectivity index (χ2n) is 2.99. The van der Waals surface area contributed by atoms with Gasteiger partial charge in [-0.1, -0.05) is 23.8 Å². The molecule has 0 saturated carbocycles. The first-order chi connectivity index (χ1) is 7.13. The Balaban J connectivity index is 2.93. The van der Waals surface area contributed by atoms with Crippen molar-refractivity contribution in [2.45, 2.75) is 6.42 Å². The van der Waals surface area contributed by atoms with Gasteiger partial charge < -0.3 is 5.11 Å². The summed E-state index contributed by atoms with van der Waals surface area (Å²) < 4.78 is 0. The summed E-state index contributed by atoms with van der Waals surface area (Å²) >= 11 is 9.86. The summed E-state index contributed by atoms with van der Waals surface area (Å²) in [4.78, 5) is 10.7. The van der Waals surface area contributed by atoms with E-state index in [2.05, 4.69) is 12.6 Å². The van der Waals surface area contributed by atoms with Crippen molar-refractivity contribution in [3.63, 3.8) is 0 Å². The number of aromatic carboxylic acids is 1. The standard InChI is InChI=1S/C11H11ClO2S/c12-10-6-8(3-1-2-4-15)5-9(7-10)11(13)14/h1,3,5-7,15H,2,4H2,(H,13,14). The van der Waals surface area contributed by atoms with Gasteiger partial charge in [0.25, 0.3) is 0 Å². The van der Waals surface area contributed by atoms with Crippen LogP contribution in [-0.4, -0.2) is 16.8 Å². The van der Waals surface area contributed by atoms with Crippen molar-refractivity contribution in [1.29, 1.82) is 0 Å². The molecule has 80 valence electrons. The van der Waals surface area contributed by atoms with E-state index in [9.17, 15) is 4.79 Å². The SMILES string of the molecule is O=C(O)c1cc(Cl)cc(C=CCCS)c1. The fourth-order valence-corrected chi connectivity index (χ4v) is 1.52. The number of thiol groups is 1. The van der Waals surface area contributed by atoms with Gasteiger partial charge in [0, 0.05) is 5.02 Å². The van der Waals surface area contributed by atoms with Gasteiger partial charge >= 0.3 is 5.97 Å². The molecule has 0 aliphatic heterocycles. The lowest BCUT2D eigenvalue weighted by molar-refractivity contribution is 0.0697. The maximum absolute atomic E-state index is 10.7. The Morgan fingerprint density at radius 2 is 2.20 bits per heavy atom.